The molecule has 1 heterocycles. The minimum absolute atomic E-state index is 0.0191. The molecular formula is C16H26N2O3. The van der Waals surface area contributed by atoms with Crippen LogP contribution < -0.4 is 14.8 Å². The molecule has 118 valence electrons. The number of pyridine rings is 1. The number of carbonyl (C=O) groups excluding carboxylic acids is 1. The SMILES string of the molecule is Cc1cc(OCCNC(C)C)ncc1OCC(=O)C(C)C. The molecule has 0 unspecified atom stereocenters. The molecule has 0 spiro atoms. The topological polar surface area (TPSA) is 60.4 Å². The van der Waals surface area contributed by atoms with Crippen molar-refractivity contribution in [2.75, 3.05) is 19.8 Å². The zero-order chi connectivity index (χ0) is 15.8. The molecule has 21 heavy (non-hydrogen) atoms. The van der Waals surface area contributed by atoms with Crippen LogP contribution >= 0.6 is 0 Å². The van der Waals surface area contributed by atoms with Crippen molar-refractivity contribution in [2.24, 2.45) is 5.92 Å². The molecule has 0 aliphatic rings. The van der Waals surface area contributed by atoms with Gasteiger partial charge in [0.1, 0.15) is 19.0 Å². The molecule has 0 fully saturated rings. The van der Waals surface area contributed by atoms with Crippen molar-refractivity contribution >= 4 is 5.78 Å². The number of nitrogens with one attached hydrogen (secondary N) is 1. The molecule has 0 aromatic carbocycles. The van der Waals surface area contributed by atoms with Gasteiger partial charge in [-0.05, 0) is 12.5 Å². The second-order valence-corrected chi connectivity index (χ2v) is 5.66. The molecule has 1 aromatic rings. The number of ether oxygens (including phenoxy) is 2. The molecule has 0 radical (unpaired) electrons. The van der Waals surface area contributed by atoms with Crippen LogP contribution in [-0.4, -0.2) is 36.6 Å². The normalized spacial score (nSPS) is 11.0. The summed E-state index contributed by atoms with van der Waals surface area (Å²) in [6.45, 7) is 11.2. The zero-order valence-corrected chi connectivity index (χ0v) is 13.6. The van der Waals surface area contributed by atoms with Crippen LogP contribution in [0.2, 0.25) is 0 Å². The van der Waals surface area contributed by atoms with Gasteiger partial charge < -0.3 is 14.8 Å². The van der Waals surface area contributed by atoms with E-state index in [1.54, 1.807) is 6.20 Å². The Balaban J connectivity index is 2.46. The van der Waals surface area contributed by atoms with Crippen molar-refractivity contribution in [1.82, 2.24) is 10.3 Å². The molecule has 0 aliphatic heterocycles. The summed E-state index contributed by atoms with van der Waals surface area (Å²) in [7, 11) is 0. The van der Waals surface area contributed by atoms with E-state index in [4.69, 9.17) is 9.47 Å². The predicted octanol–water partition coefficient (Wildman–Crippen LogP) is 2.37. The van der Waals surface area contributed by atoms with Crippen LogP contribution in [0, 0.1) is 12.8 Å². The van der Waals surface area contributed by atoms with Gasteiger partial charge in [-0.1, -0.05) is 27.7 Å². The molecule has 0 amide bonds. The first-order valence-electron chi connectivity index (χ1n) is 7.38. The van der Waals surface area contributed by atoms with Crippen molar-refractivity contribution in [2.45, 2.75) is 40.7 Å². The Morgan fingerprint density at radius 1 is 1.29 bits per heavy atom. The molecule has 0 aliphatic carbocycles. The van der Waals surface area contributed by atoms with Crippen LogP contribution in [0.15, 0.2) is 12.3 Å². The Labute approximate surface area is 127 Å². The summed E-state index contributed by atoms with van der Waals surface area (Å²) in [6, 6.07) is 2.27. The second kappa shape index (κ2) is 8.62. The van der Waals surface area contributed by atoms with E-state index in [-0.39, 0.29) is 18.3 Å². The summed E-state index contributed by atoms with van der Waals surface area (Å²) in [6.07, 6.45) is 1.61. The Morgan fingerprint density at radius 2 is 2.00 bits per heavy atom. The van der Waals surface area contributed by atoms with E-state index < -0.39 is 0 Å². The number of ketones is 1. The van der Waals surface area contributed by atoms with Gasteiger partial charge in [-0.3, -0.25) is 4.79 Å². The smallest absolute Gasteiger partial charge is 0.213 e. The van der Waals surface area contributed by atoms with E-state index >= 15 is 0 Å². The Bertz CT molecular complexity index is 459. The fourth-order valence-corrected chi connectivity index (χ4v) is 1.57. The van der Waals surface area contributed by atoms with Crippen molar-refractivity contribution in [3.05, 3.63) is 17.8 Å². The molecule has 1 N–H and O–H groups in total. The van der Waals surface area contributed by atoms with Crippen LogP contribution in [0.4, 0.5) is 0 Å². The van der Waals surface area contributed by atoms with Crippen molar-refractivity contribution < 1.29 is 14.3 Å². The average Bonchev–Trinajstić information content (AvgIpc) is 2.42. The van der Waals surface area contributed by atoms with Gasteiger partial charge in [-0.15, -0.1) is 0 Å². The quantitative estimate of drug-likeness (QED) is 0.709. The highest BCUT2D eigenvalue weighted by atomic mass is 16.5. The lowest BCUT2D eigenvalue weighted by atomic mass is 10.1. The maximum Gasteiger partial charge on any atom is 0.213 e. The van der Waals surface area contributed by atoms with Gasteiger partial charge in [0.2, 0.25) is 5.88 Å². The summed E-state index contributed by atoms with van der Waals surface area (Å²) in [5.41, 5.74) is 0.911. The number of nitrogens with zero attached hydrogens (tertiary/aromatic N) is 1. The number of aromatic nitrogens is 1. The highest BCUT2D eigenvalue weighted by Crippen LogP contribution is 2.20. The minimum atomic E-state index is -0.0191. The summed E-state index contributed by atoms with van der Waals surface area (Å²) in [4.78, 5) is 15.7. The zero-order valence-electron chi connectivity index (χ0n) is 13.6. The van der Waals surface area contributed by atoms with Crippen LogP contribution in [0.25, 0.3) is 0 Å². The molecular weight excluding hydrogens is 268 g/mol. The molecule has 5 heteroatoms. The van der Waals surface area contributed by atoms with Crippen LogP contribution in [0.1, 0.15) is 33.3 Å². The van der Waals surface area contributed by atoms with E-state index in [1.807, 2.05) is 26.8 Å². The predicted molar refractivity (Wildman–Crippen MR) is 82.9 cm³/mol. The summed E-state index contributed by atoms with van der Waals surface area (Å²) in [5.74, 6) is 1.25. The number of hydrogen-bond donors (Lipinski definition) is 1. The highest BCUT2D eigenvalue weighted by Gasteiger charge is 2.10. The van der Waals surface area contributed by atoms with Gasteiger partial charge in [-0.25, -0.2) is 4.98 Å². The first-order chi connectivity index (χ1) is 9.90. The fraction of sp³-hybridized carbons (Fsp3) is 0.625. The van der Waals surface area contributed by atoms with Crippen molar-refractivity contribution in [3.8, 4) is 11.6 Å². The Kier molecular flexibility index (Phi) is 7.15. The molecule has 0 saturated carbocycles. The third-order valence-corrected chi connectivity index (χ3v) is 2.96. The van der Waals surface area contributed by atoms with Crippen LogP contribution in [-0.2, 0) is 4.79 Å². The fourth-order valence-electron chi connectivity index (χ4n) is 1.57. The van der Waals surface area contributed by atoms with Gasteiger partial charge in [-0.2, -0.15) is 0 Å². The maximum absolute atomic E-state index is 11.5. The second-order valence-electron chi connectivity index (χ2n) is 5.66. The highest BCUT2D eigenvalue weighted by molar-refractivity contribution is 5.81. The van der Waals surface area contributed by atoms with Gasteiger partial charge in [0.25, 0.3) is 0 Å². The monoisotopic (exact) mass is 294 g/mol. The molecule has 0 atom stereocenters. The van der Waals surface area contributed by atoms with Gasteiger partial charge in [0.05, 0.1) is 6.20 Å². The third kappa shape index (κ3) is 6.58. The molecule has 1 aromatic heterocycles. The lowest BCUT2D eigenvalue weighted by molar-refractivity contribution is -0.123. The number of hydrogen-bond acceptors (Lipinski definition) is 5. The number of carbonyl (C=O) groups is 1. The lowest BCUT2D eigenvalue weighted by Gasteiger charge is -2.12. The minimum Gasteiger partial charge on any atom is -0.484 e. The van der Waals surface area contributed by atoms with E-state index in [9.17, 15) is 4.79 Å². The van der Waals surface area contributed by atoms with Gasteiger partial charge >= 0.3 is 0 Å². The van der Waals surface area contributed by atoms with Gasteiger partial charge in [0, 0.05) is 24.6 Å². The molecule has 0 bridgehead atoms. The maximum atomic E-state index is 11.5. The molecule has 0 saturated heterocycles. The van der Waals surface area contributed by atoms with E-state index in [0.717, 1.165) is 12.1 Å². The van der Waals surface area contributed by atoms with E-state index in [2.05, 4.69) is 24.1 Å². The van der Waals surface area contributed by atoms with E-state index in [1.165, 1.54) is 0 Å². The first-order valence-corrected chi connectivity index (χ1v) is 7.38. The summed E-state index contributed by atoms with van der Waals surface area (Å²) in [5, 5.41) is 3.27. The van der Waals surface area contributed by atoms with Gasteiger partial charge in [0.15, 0.2) is 5.78 Å². The number of Topliss-reactive ketones (excluding diaryl/α,β-unsaturated/α-hetero) is 1. The molecule has 5 nitrogen and oxygen atoms in total. The first kappa shape index (κ1) is 17.4. The van der Waals surface area contributed by atoms with Crippen molar-refractivity contribution in [1.29, 1.82) is 0 Å². The van der Waals surface area contributed by atoms with Crippen LogP contribution in [0.5, 0.6) is 11.6 Å². The summed E-state index contributed by atoms with van der Waals surface area (Å²) < 4.78 is 11.1. The number of aryl methyl sites for hydroxylation is 1. The van der Waals surface area contributed by atoms with Crippen molar-refractivity contribution in [3.63, 3.8) is 0 Å². The standard InChI is InChI=1S/C16H26N2O3/c1-11(2)14(19)10-21-15-9-18-16(8-13(15)5)20-7-6-17-12(3)4/h8-9,11-12,17H,6-7,10H2,1-5H3. The largest absolute Gasteiger partial charge is 0.484 e. The summed E-state index contributed by atoms with van der Waals surface area (Å²) >= 11 is 0. The Morgan fingerprint density at radius 3 is 2.57 bits per heavy atom. The average molecular weight is 294 g/mol. The van der Waals surface area contributed by atoms with E-state index in [0.29, 0.717) is 24.3 Å². The molecule has 1 rings (SSSR count). The third-order valence-electron chi connectivity index (χ3n) is 2.96. The van der Waals surface area contributed by atoms with Crippen LogP contribution in [0.3, 0.4) is 0 Å². The number of rotatable bonds is 9. The lowest BCUT2D eigenvalue weighted by Crippen LogP contribution is -2.27. The Hall–Kier alpha value is -1.62.